The Hall–Kier alpha value is -0.900. The van der Waals surface area contributed by atoms with Gasteiger partial charge in [-0.2, -0.15) is 0 Å². The Morgan fingerprint density at radius 1 is 1.10 bits per heavy atom. The molecule has 3 heteroatoms. The lowest BCUT2D eigenvalue weighted by Crippen LogP contribution is -2.31. The van der Waals surface area contributed by atoms with E-state index in [4.69, 9.17) is 4.74 Å². The molecule has 3 nitrogen and oxygen atoms in total. The quantitative estimate of drug-likeness (QED) is 0.549. The van der Waals surface area contributed by atoms with Gasteiger partial charge in [-0.3, -0.25) is 0 Å². The number of aryl methyl sites for hydroxylation is 1. The van der Waals surface area contributed by atoms with E-state index < -0.39 is 6.10 Å². The lowest BCUT2D eigenvalue weighted by atomic mass is 10.1. The van der Waals surface area contributed by atoms with E-state index in [0.29, 0.717) is 13.2 Å². The molecule has 0 spiro atoms. The number of aliphatic hydroxyl groups excluding tert-OH is 1. The smallest absolute Gasteiger partial charge is 0.0897 e. The van der Waals surface area contributed by atoms with Gasteiger partial charge < -0.3 is 15.2 Å². The summed E-state index contributed by atoms with van der Waals surface area (Å²) in [7, 11) is 0. The first-order chi connectivity index (χ1) is 10.3. The Morgan fingerprint density at radius 2 is 1.90 bits per heavy atom. The van der Waals surface area contributed by atoms with Crippen LogP contribution in [0.4, 0.5) is 0 Å². The minimum absolute atomic E-state index is 0.395. The number of unbranched alkanes of at least 4 members (excludes halogenated alkanes) is 3. The number of hydrogen-bond donors (Lipinski definition) is 2. The van der Waals surface area contributed by atoms with E-state index in [-0.39, 0.29) is 0 Å². The first-order valence-corrected chi connectivity index (χ1v) is 8.33. The molecule has 0 amide bonds. The second-order valence-electron chi connectivity index (χ2n) is 5.58. The average Bonchev–Trinajstić information content (AvgIpc) is 2.51. The fraction of sp³-hybridized carbons (Fsp3) is 0.667. The lowest BCUT2D eigenvalue weighted by molar-refractivity contribution is 0.0355. The van der Waals surface area contributed by atoms with Crippen molar-refractivity contribution in [1.82, 2.24) is 5.32 Å². The monoisotopic (exact) mass is 293 g/mol. The number of benzene rings is 1. The molecule has 1 rings (SSSR count). The van der Waals surface area contributed by atoms with Gasteiger partial charge in [0.2, 0.25) is 0 Å². The summed E-state index contributed by atoms with van der Waals surface area (Å²) in [5.41, 5.74) is 1.37. The summed E-state index contributed by atoms with van der Waals surface area (Å²) in [5, 5.41) is 13.1. The van der Waals surface area contributed by atoms with Crippen LogP contribution in [0.1, 0.15) is 44.6 Å². The van der Waals surface area contributed by atoms with E-state index in [2.05, 4.69) is 36.5 Å². The van der Waals surface area contributed by atoms with Crippen molar-refractivity contribution in [2.45, 2.75) is 51.6 Å². The van der Waals surface area contributed by atoms with E-state index in [1.54, 1.807) is 0 Å². The molecular formula is C18H31NO2. The van der Waals surface area contributed by atoms with E-state index in [1.165, 1.54) is 24.8 Å². The lowest BCUT2D eigenvalue weighted by Gasteiger charge is -2.12. The van der Waals surface area contributed by atoms with Crippen molar-refractivity contribution in [3.63, 3.8) is 0 Å². The normalized spacial score (nSPS) is 12.5. The third kappa shape index (κ3) is 10.5. The molecule has 0 saturated heterocycles. The van der Waals surface area contributed by atoms with Crippen LogP contribution in [-0.2, 0) is 11.2 Å². The predicted molar refractivity (Wildman–Crippen MR) is 88.6 cm³/mol. The van der Waals surface area contributed by atoms with Crippen LogP contribution >= 0.6 is 0 Å². The van der Waals surface area contributed by atoms with Crippen LogP contribution in [0.2, 0.25) is 0 Å². The average molecular weight is 293 g/mol. The molecule has 0 saturated carbocycles. The van der Waals surface area contributed by atoms with Gasteiger partial charge in [-0.1, -0.05) is 56.5 Å². The molecule has 0 aliphatic heterocycles. The molecule has 1 aromatic carbocycles. The summed E-state index contributed by atoms with van der Waals surface area (Å²) in [4.78, 5) is 0. The van der Waals surface area contributed by atoms with E-state index in [9.17, 15) is 5.11 Å². The van der Waals surface area contributed by atoms with Crippen LogP contribution in [0.3, 0.4) is 0 Å². The van der Waals surface area contributed by atoms with Crippen LogP contribution in [-0.4, -0.2) is 37.5 Å². The highest BCUT2D eigenvalue weighted by atomic mass is 16.5. The second-order valence-corrected chi connectivity index (χ2v) is 5.58. The van der Waals surface area contributed by atoms with Crippen LogP contribution in [0, 0.1) is 0 Å². The molecule has 0 bridgehead atoms. The highest BCUT2D eigenvalue weighted by Crippen LogP contribution is 2.01. The molecule has 2 N–H and O–H groups in total. The first-order valence-electron chi connectivity index (χ1n) is 8.33. The summed E-state index contributed by atoms with van der Waals surface area (Å²) in [6, 6.07) is 10.5. The molecule has 1 unspecified atom stereocenters. The topological polar surface area (TPSA) is 41.5 Å². The van der Waals surface area contributed by atoms with Crippen molar-refractivity contribution < 1.29 is 9.84 Å². The molecule has 1 aromatic rings. The third-order valence-corrected chi connectivity index (χ3v) is 3.49. The van der Waals surface area contributed by atoms with Gasteiger partial charge >= 0.3 is 0 Å². The van der Waals surface area contributed by atoms with E-state index in [1.807, 2.05) is 6.07 Å². The van der Waals surface area contributed by atoms with Gasteiger partial charge in [0.1, 0.15) is 0 Å². The fourth-order valence-corrected chi connectivity index (χ4v) is 2.24. The van der Waals surface area contributed by atoms with Gasteiger partial charge in [-0.05, 0) is 31.4 Å². The number of nitrogens with one attached hydrogen (secondary N) is 1. The minimum atomic E-state index is -0.395. The zero-order valence-electron chi connectivity index (χ0n) is 13.4. The largest absolute Gasteiger partial charge is 0.389 e. The summed E-state index contributed by atoms with van der Waals surface area (Å²) in [5.74, 6) is 0. The maximum absolute atomic E-state index is 9.78. The maximum atomic E-state index is 9.78. The van der Waals surface area contributed by atoms with Crippen molar-refractivity contribution in [2.24, 2.45) is 0 Å². The highest BCUT2D eigenvalue weighted by Gasteiger charge is 2.03. The van der Waals surface area contributed by atoms with Crippen molar-refractivity contribution >= 4 is 0 Å². The van der Waals surface area contributed by atoms with Gasteiger partial charge in [-0.25, -0.2) is 0 Å². The minimum Gasteiger partial charge on any atom is -0.389 e. The Bertz CT molecular complexity index is 329. The SMILES string of the molecule is CCCCCCOCC(O)CNCCCc1ccccc1. The standard InChI is InChI=1S/C18H31NO2/c1-2-3-4-8-14-21-16-18(20)15-19-13-9-12-17-10-6-5-7-11-17/h5-7,10-11,18-20H,2-4,8-9,12-16H2,1H3. The van der Waals surface area contributed by atoms with Crippen molar-refractivity contribution in [3.8, 4) is 0 Å². The maximum Gasteiger partial charge on any atom is 0.0897 e. The van der Waals surface area contributed by atoms with Crippen molar-refractivity contribution in [1.29, 1.82) is 0 Å². The van der Waals surface area contributed by atoms with E-state index >= 15 is 0 Å². The molecule has 0 radical (unpaired) electrons. The number of rotatable bonds is 13. The first kappa shape index (κ1) is 18.1. The van der Waals surface area contributed by atoms with Crippen LogP contribution < -0.4 is 5.32 Å². The van der Waals surface area contributed by atoms with Gasteiger partial charge in [-0.15, -0.1) is 0 Å². The zero-order chi connectivity index (χ0) is 15.2. The number of aliphatic hydroxyl groups is 1. The molecule has 0 fully saturated rings. The molecule has 21 heavy (non-hydrogen) atoms. The molecule has 0 aromatic heterocycles. The molecular weight excluding hydrogens is 262 g/mol. The Morgan fingerprint density at radius 3 is 2.67 bits per heavy atom. The Kier molecular flexibility index (Phi) is 11.1. The van der Waals surface area contributed by atoms with Gasteiger partial charge in [0.15, 0.2) is 0 Å². The number of hydrogen-bond acceptors (Lipinski definition) is 3. The molecule has 0 heterocycles. The fourth-order valence-electron chi connectivity index (χ4n) is 2.24. The molecule has 0 aliphatic rings. The second kappa shape index (κ2) is 12.8. The van der Waals surface area contributed by atoms with Gasteiger partial charge in [0.25, 0.3) is 0 Å². The Labute approximate surface area is 129 Å². The van der Waals surface area contributed by atoms with Crippen LogP contribution in [0.25, 0.3) is 0 Å². The van der Waals surface area contributed by atoms with Gasteiger partial charge in [0.05, 0.1) is 12.7 Å². The summed E-state index contributed by atoms with van der Waals surface area (Å²) >= 11 is 0. The van der Waals surface area contributed by atoms with Gasteiger partial charge in [0, 0.05) is 13.2 Å². The van der Waals surface area contributed by atoms with E-state index in [0.717, 1.165) is 32.4 Å². The summed E-state index contributed by atoms with van der Waals surface area (Å²) < 4.78 is 5.48. The van der Waals surface area contributed by atoms with Crippen LogP contribution in [0.15, 0.2) is 30.3 Å². The zero-order valence-corrected chi connectivity index (χ0v) is 13.4. The number of ether oxygens (including phenoxy) is 1. The Balaban J connectivity index is 1.88. The predicted octanol–water partition coefficient (Wildman–Crippen LogP) is 3.17. The summed E-state index contributed by atoms with van der Waals surface area (Å²) in [6.45, 7) is 4.96. The summed E-state index contributed by atoms with van der Waals surface area (Å²) in [6.07, 6.45) is 6.62. The van der Waals surface area contributed by atoms with Crippen molar-refractivity contribution in [2.75, 3.05) is 26.3 Å². The third-order valence-electron chi connectivity index (χ3n) is 3.49. The van der Waals surface area contributed by atoms with Crippen molar-refractivity contribution in [3.05, 3.63) is 35.9 Å². The molecule has 1 atom stereocenters. The molecule has 0 aliphatic carbocycles. The van der Waals surface area contributed by atoms with Crippen LogP contribution in [0.5, 0.6) is 0 Å². The highest BCUT2D eigenvalue weighted by molar-refractivity contribution is 5.14. The molecule has 120 valence electrons.